The summed E-state index contributed by atoms with van der Waals surface area (Å²) in [6.07, 6.45) is 6.17. The largest absolute Gasteiger partial charge is 0.389 e. The van der Waals surface area contributed by atoms with Crippen LogP contribution in [0, 0.1) is 0 Å². The van der Waals surface area contributed by atoms with Gasteiger partial charge >= 0.3 is 0 Å². The van der Waals surface area contributed by atoms with Crippen LogP contribution in [0.3, 0.4) is 0 Å². The number of likely N-dealkylation sites (N-methyl/N-ethyl adjacent to an activating group) is 1. The van der Waals surface area contributed by atoms with Gasteiger partial charge in [0.2, 0.25) is 0 Å². The number of rotatable bonds is 7. The van der Waals surface area contributed by atoms with Crippen molar-refractivity contribution < 1.29 is 9.84 Å². The summed E-state index contributed by atoms with van der Waals surface area (Å²) in [5.74, 6) is 0. The highest BCUT2D eigenvalue weighted by Crippen LogP contribution is 2.21. The Morgan fingerprint density at radius 3 is 2.60 bits per heavy atom. The molecular formula is C17H27NO2. The van der Waals surface area contributed by atoms with Gasteiger partial charge in [0.1, 0.15) is 0 Å². The summed E-state index contributed by atoms with van der Waals surface area (Å²) in [4.78, 5) is 2.30. The summed E-state index contributed by atoms with van der Waals surface area (Å²) in [6, 6.07) is 10.7. The first-order chi connectivity index (χ1) is 9.75. The molecule has 1 aromatic rings. The van der Waals surface area contributed by atoms with Crippen LogP contribution >= 0.6 is 0 Å². The van der Waals surface area contributed by atoms with Gasteiger partial charge in [0.15, 0.2) is 0 Å². The van der Waals surface area contributed by atoms with Crippen LogP contribution in [0.25, 0.3) is 0 Å². The van der Waals surface area contributed by atoms with Gasteiger partial charge in [-0.25, -0.2) is 0 Å². The van der Waals surface area contributed by atoms with Crippen LogP contribution in [0.2, 0.25) is 0 Å². The van der Waals surface area contributed by atoms with Crippen molar-refractivity contribution in [3.05, 3.63) is 35.9 Å². The highest BCUT2D eigenvalue weighted by molar-refractivity contribution is 5.13. The Morgan fingerprint density at radius 1 is 1.20 bits per heavy atom. The van der Waals surface area contributed by atoms with Crippen LogP contribution < -0.4 is 0 Å². The molecule has 1 saturated carbocycles. The molecule has 0 aliphatic heterocycles. The monoisotopic (exact) mass is 277 g/mol. The zero-order valence-corrected chi connectivity index (χ0v) is 12.5. The number of hydrogen-bond acceptors (Lipinski definition) is 3. The molecule has 3 nitrogen and oxygen atoms in total. The second-order valence-corrected chi connectivity index (χ2v) is 5.89. The molecule has 0 saturated heterocycles. The Balaban J connectivity index is 1.63. The fourth-order valence-electron chi connectivity index (χ4n) is 2.94. The zero-order valence-electron chi connectivity index (χ0n) is 12.5. The van der Waals surface area contributed by atoms with Gasteiger partial charge in [-0.15, -0.1) is 0 Å². The molecule has 20 heavy (non-hydrogen) atoms. The van der Waals surface area contributed by atoms with E-state index in [1.807, 2.05) is 30.3 Å². The lowest BCUT2D eigenvalue weighted by molar-refractivity contribution is 0.00488. The van der Waals surface area contributed by atoms with E-state index < -0.39 is 6.10 Å². The van der Waals surface area contributed by atoms with Gasteiger partial charge in [0, 0.05) is 12.6 Å². The average Bonchev–Trinajstić information content (AvgIpc) is 2.49. The summed E-state index contributed by atoms with van der Waals surface area (Å²) < 4.78 is 5.59. The average molecular weight is 277 g/mol. The fraction of sp³-hybridized carbons (Fsp3) is 0.647. The molecule has 1 N–H and O–H groups in total. The van der Waals surface area contributed by atoms with Crippen molar-refractivity contribution in [1.82, 2.24) is 4.90 Å². The maximum Gasteiger partial charge on any atom is 0.0900 e. The zero-order chi connectivity index (χ0) is 14.2. The van der Waals surface area contributed by atoms with Gasteiger partial charge in [-0.05, 0) is 25.5 Å². The smallest absolute Gasteiger partial charge is 0.0900 e. The van der Waals surface area contributed by atoms with Crippen LogP contribution in [0.1, 0.15) is 37.7 Å². The minimum Gasteiger partial charge on any atom is -0.389 e. The van der Waals surface area contributed by atoms with Crippen LogP contribution in [-0.2, 0) is 11.3 Å². The van der Waals surface area contributed by atoms with Crippen molar-refractivity contribution in [3.63, 3.8) is 0 Å². The van der Waals surface area contributed by atoms with Gasteiger partial charge in [0.25, 0.3) is 0 Å². The molecule has 0 radical (unpaired) electrons. The first-order valence-corrected chi connectivity index (χ1v) is 7.75. The molecule has 1 aromatic carbocycles. The van der Waals surface area contributed by atoms with E-state index in [9.17, 15) is 5.11 Å². The molecule has 0 bridgehead atoms. The second-order valence-electron chi connectivity index (χ2n) is 5.89. The molecule has 1 aliphatic rings. The van der Waals surface area contributed by atoms with Crippen LogP contribution in [-0.4, -0.2) is 42.4 Å². The summed E-state index contributed by atoms with van der Waals surface area (Å²) in [7, 11) is 2.12. The van der Waals surface area contributed by atoms with Gasteiger partial charge < -0.3 is 14.7 Å². The van der Waals surface area contributed by atoms with Gasteiger partial charge in [-0.3, -0.25) is 0 Å². The van der Waals surface area contributed by atoms with Gasteiger partial charge in [-0.2, -0.15) is 0 Å². The Hall–Kier alpha value is -0.900. The van der Waals surface area contributed by atoms with E-state index in [2.05, 4.69) is 11.9 Å². The van der Waals surface area contributed by atoms with Crippen LogP contribution in [0.5, 0.6) is 0 Å². The van der Waals surface area contributed by atoms with Crippen molar-refractivity contribution >= 4 is 0 Å². The standard InChI is InChI=1S/C17H27NO2/c1-18(16-10-6-3-7-11-16)12-17(19)14-20-13-15-8-4-2-5-9-15/h2,4-5,8-9,16-17,19H,3,6-7,10-14H2,1H3. The molecule has 3 heteroatoms. The minimum atomic E-state index is -0.398. The molecule has 1 atom stereocenters. The maximum absolute atomic E-state index is 10.1. The number of aliphatic hydroxyl groups is 1. The quantitative estimate of drug-likeness (QED) is 0.832. The van der Waals surface area contributed by atoms with Crippen molar-refractivity contribution in [1.29, 1.82) is 0 Å². The molecular weight excluding hydrogens is 250 g/mol. The number of nitrogens with zero attached hydrogens (tertiary/aromatic N) is 1. The topological polar surface area (TPSA) is 32.7 Å². The van der Waals surface area contributed by atoms with E-state index in [0.717, 1.165) is 5.56 Å². The number of ether oxygens (including phenoxy) is 1. The lowest BCUT2D eigenvalue weighted by atomic mass is 9.94. The Morgan fingerprint density at radius 2 is 1.90 bits per heavy atom. The van der Waals surface area contributed by atoms with Crippen molar-refractivity contribution in [2.45, 2.75) is 50.9 Å². The van der Waals surface area contributed by atoms with Crippen LogP contribution in [0.15, 0.2) is 30.3 Å². The van der Waals surface area contributed by atoms with E-state index in [1.54, 1.807) is 0 Å². The predicted octanol–water partition coefficient (Wildman–Crippen LogP) is 2.83. The third-order valence-corrected chi connectivity index (χ3v) is 4.12. The summed E-state index contributed by atoms with van der Waals surface area (Å²) in [5.41, 5.74) is 1.15. The Kier molecular flexibility index (Phi) is 6.51. The number of aliphatic hydroxyl groups excluding tert-OH is 1. The maximum atomic E-state index is 10.1. The lowest BCUT2D eigenvalue weighted by Gasteiger charge is -2.32. The predicted molar refractivity (Wildman–Crippen MR) is 81.6 cm³/mol. The molecule has 0 aromatic heterocycles. The third-order valence-electron chi connectivity index (χ3n) is 4.12. The normalized spacial score (nSPS) is 18.4. The Bertz CT molecular complexity index is 363. The first kappa shape index (κ1) is 15.5. The Labute approximate surface area is 122 Å². The molecule has 1 aliphatic carbocycles. The summed E-state index contributed by atoms with van der Waals surface area (Å²) in [5, 5.41) is 10.1. The highest BCUT2D eigenvalue weighted by atomic mass is 16.5. The lowest BCUT2D eigenvalue weighted by Crippen LogP contribution is -2.40. The second kappa shape index (κ2) is 8.40. The van der Waals surface area contributed by atoms with E-state index in [4.69, 9.17) is 4.74 Å². The minimum absolute atomic E-state index is 0.398. The van der Waals surface area contributed by atoms with Crippen molar-refractivity contribution in [2.75, 3.05) is 20.2 Å². The third kappa shape index (κ3) is 5.23. The molecule has 0 heterocycles. The molecule has 0 spiro atoms. The highest BCUT2D eigenvalue weighted by Gasteiger charge is 2.19. The fourth-order valence-corrected chi connectivity index (χ4v) is 2.94. The summed E-state index contributed by atoms with van der Waals surface area (Å²) >= 11 is 0. The van der Waals surface area contributed by atoms with Crippen molar-refractivity contribution in [3.8, 4) is 0 Å². The van der Waals surface area contributed by atoms with Gasteiger partial charge in [-0.1, -0.05) is 49.6 Å². The molecule has 1 fully saturated rings. The van der Waals surface area contributed by atoms with E-state index in [-0.39, 0.29) is 0 Å². The molecule has 112 valence electrons. The summed E-state index contributed by atoms with van der Waals surface area (Å²) in [6.45, 7) is 1.69. The molecule has 0 amide bonds. The van der Waals surface area contributed by atoms with Gasteiger partial charge in [0.05, 0.1) is 19.3 Å². The van der Waals surface area contributed by atoms with E-state index in [0.29, 0.717) is 25.8 Å². The number of hydrogen-bond donors (Lipinski definition) is 1. The van der Waals surface area contributed by atoms with Crippen molar-refractivity contribution in [2.24, 2.45) is 0 Å². The SMILES string of the molecule is CN(CC(O)COCc1ccccc1)C1CCCCC1. The van der Waals surface area contributed by atoms with Crippen LogP contribution in [0.4, 0.5) is 0 Å². The molecule has 2 rings (SSSR count). The first-order valence-electron chi connectivity index (χ1n) is 7.75. The van der Waals surface area contributed by atoms with E-state index in [1.165, 1.54) is 32.1 Å². The van der Waals surface area contributed by atoms with E-state index >= 15 is 0 Å². The number of benzene rings is 1. The molecule has 1 unspecified atom stereocenters.